The quantitative estimate of drug-likeness (QED) is 0.343. The maximum atomic E-state index is 12.2. The number of pyridine rings is 2. The number of rotatable bonds is 7. The summed E-state index contributed by atoms with van der Waals surface area (Å²) in [5.74, 6) is 1.52. The zero-order chi connectivity index (χ0) is 28.1. The molecule has 0 saturated carbocycles. The van der Waals surface area contributed by atoms with E-state index in [0.717, 1.165) is 77.1 Å². The fraction of sp³-hybridized carbons (Fsp3) is 0.367. The third-order valence-electron chi connectivity index (χ3n) is 7.16. The van der Waals surface area contributed by atoms with Crippen LogP contribution in [0.2, 0.25) is 0 Å². The molecule has 1 amide bonds. The molecule has 0 unspecified atom stereocenters. The van der Waals surface area contributed by atoms with Crippen LogP contribution < -0.4 is 21.4 Å². The van der Waals surface area contributed by atoms with Crippen molar-refractivity contribution in [2.24, 2.45) is 10.8 Å². The van der Waals surface area contributed by atoms with Crippen LogP contribution in [0.5, 0.6) is 0 Å². The minimum Gasteiger partial charge on any atom is -0.404 e. The van der Waals surface area contributed by atoms with Gasteiger partial charge in [0.15, 0.2) is 11.6 Å². The van der Waals surface area contributed by atoms with Gasteiger partial charge in [-0.3, -0.25) is 9.78 Å². The minimum absolute atomic E-state index is 0.0250. The molecule has 40 heavy (non-hydrogen) atoms. The number of nitrogens with zero attached hydrogens (tertiary/aromatic N) is 5. The number of aromatic nitrogens is 4. The van der Waals surface area contributed by atoms with Crippen LogP contribution in [0.1, 0.15) is 64.3 Å². The summed E-state index contributed by atoms with van der Waals surface area (Å²) in [4.78, 5) is 32.1. The van der Waals surface area contributed by atoms with Crippen LogP contribution in [0.3, 0.4) is 0 Å². The number of anilines is 2. The third kappa shape index (κ3) is 5.75. The molecule has 0 radical (unpaired) electrons. The molecule has 0 aliphatic carbocycles. The fourth-order valence-electron chi connectivity index (χ4n) is 5.14. The molecular weight excluding hydrogens is 502 g/mol. The van der Waals surface area contributed by atoms with Crippen LogP contribution in [-0.4, -0.2) is 51.2 Å². The molecule has 0 spiro atoms. The van der Waals surface area contributed by atoms with Crippen molar-refractivity contribution >= 4 is 39.7 Å². The summed E-state index contributed by atoms with van der Waals surface area (Å²) >= 11 is 0. The zero-order valence-corrected chi connectivity index (χ0v) is 23.4. The molecule has 208 valence electrons. The summed E-state index contributed by atoms with van der Waals surface area (Å²) in [5.41, 5.74) is 17.0. The monoisotopic (exact) mass is 539 g/mol. The highest BCUT2D eigenvalue weighted by atomic mass is 16.1. The van der Waals surface area contributed by atoms with Crippen molar-refractivity contribution in [3.05, 3.63) is 71.1 Å². The molecule has 1 fully saturated rings. The topological polar surface area (TPSA) is 137 Å². The second-order valence-corrected chi connectivity index (χ2v) is 10.4. The molecule has 0 atom stereocenters. The van der Waals surface area contributed by atoms with Crippen molar-refractivity contribution in [3.63, 3.8) is 0 Å². The summed E-state index contributed by atoms with van der Waals surface area (Å²) in [5, 5.41) is 7.63. The van der Waals surface area contributed by atoms with Gasteiger partial charge in [-0.25, -0.2) is 9.97 Å². The predicted octanol–water partition coefficient (Wildman–Crippen LogP) is 4.65. The molecule has 0 aromatic carbocycles. The van der Waals surface area contributed by atoms with Crippen LogP contribution in [0, 0.1) is 0 Å². The highest BCUT2D eigenvalue weighted by Gasteiger charge is 2.25. The molecule has 5 N–H and O–H groups in total. The minimum atomic E-state index is -0.0250. The lowest BCUT2D eigenvalue weighted by Crippen LogP contribution is -2.30. The maximum Gasteiger partial charge on any atom is 0.224 e. The Hall–Kier alpha value is -4.47. The van der Waals surface area contributed by atoms with Gasteiger partial charge in [0.2, 0.25) is 5.91 Å². The summed E-state index contributed by atoms with van der Waals surface area (Å²) in [6, 6.07) is 3.89. The highest BCUT2D eigenvalue weighted by Crippen LogP contribution is 2.30. The Morgan fingerprint density at radius 3 is 2.77 bits per heavy atom. The normalized spacial score (nSPS) is 17.6. The molecule has 5 rings (SSSR count). The lowest BCUT2D eigenvalue weighted by atomic mass is 9.93. The van der Waals surface area contributed by atoms with E-state index in [2.05, 4.69) is 55.6 Å². The number of piperidine rings is 1. The van der Waals surface area contributed by atoms with Crippen LogP contribution in [0.4, 0.5) is 11.5 Å². The SMILES string of the molecule is CCCC(=O)Nc1cncc(C(/C=C2/C(c3nc4c(N5CCCCC5)nccc4[nH]3)=NNC/C2=C/N)=C(C)C)c1. The Morgan fingerprint density at radius 1 is 1.20 bits per heavy atom. The zero-order valence-electron chi connectivity index (χ0n) is 23.4. The lowest BCUT2D eigenvalue weighted by molar-refractivity contribution is -0.116. The number of amides is 1. The van der Waals surface area contributed by atoms with Gasteiger partial charge in [-0.05, 0) is 75.1 Å². The predicted molar refractivity (Wildman–Crippen MR) is 161 cm³/mol. The van der Waals surface area contributed by atoms with E-state index >= 15 is 0 Å². The van der Waals surface area contributed by atoms with Crippen molar-refractivity contribution < 1.29 is 4.79 Å². The number of hydrogen-bond acceptors (Lipinski definition) is 8. The fourth-order valence-corrected chi connectivity index (χ4v) is 5.14. The molecule has 1 saturated heterocycles. The molecular formula is C30H37N9O. The van der Waals surface area contributed by atoms with E-state index in [1.54, 1.807) is 18.6 Å². The molecule has 2 aliphatic rings. The Labute approximate surface area is 234 Å². The summed E-state index contributed by atoms with van der Waals surface area (Å²) < 4.78 is 0. The second kappa shape index (κ2) is 12.1. The van der Waals surface area contributed by atoms with Gasteiger partial charge in [0.1, 0.15) is 11.2 Å². The van der Waals surface area contributed by atoms with Gasteiger partial charge >= 0.3 is 0 Å². The molecule has 2 aliphatic heterocycles. The molecule has 10 heteroatoms. The Kier molecular flexibility index (Phi) is 8.23. The smallest absolute Gasteiger partial charge is 0.224 e. The first-order valence-corrected chi connectivity index (χ1v) is 13.9. The number of imidazole rings is 1. The number of hydrazone groups is 1. The number of H-pyrrole nitrogens is 1. The highest BCUT2D eigenvalue weighted by molar-refractivity contribution is 6.16. The van der Waals surface area contributed by atoms with Crippen molar-refractivity contribution in [2.75, 3.05) is 29.9 Å². The maximum absolute atomic E-state index is 12.2. The van der Waals surface area contributed by atoms with Crippen molar-refractivity contribution in [1.82, 2.24) is 25.4 Å². The van der Waals surface area contributed by atoms with Crippen molar-refractivity contribution in [3.8, 4) is 0 Å². The molecule has 3 aromatic heterocycles. The van der Waals surface area contributed by atoms with E-state index in [4.69, 9.17) is 10.7 Å². The van der Waals surface area contributed by atoms with Crippen LogP contribution in [0.25, 0.3) is 16.6 Å². The number of carbonyl (C=O) groups is 1. The van der Waals surface area contributed by atoms with E-state index in [1.165, 1.54) is 6.42 Å². The van der Waals surface area contributed by atoms with Gasteiger partial charge in [0, 0.05) is 43.0 Å². The molecule has 5 heterocycles. The Morgan fingerprint density at radius 2 is 2.02 bits per heavy atom. The van der Waals surface area contributed by atoms with Gasteiger partial charge < -0.3 is 26.4 Å². The number of nitrogens with one attached hydrogen (secondary N) is 3. The van der Waals surface area contributed by atoms with E-state index < -0.39 is 0 Å². The summed E-state index contributed by atoms with van der Waals surface area (Å²) in [6.07, 6.45) is 13.8. The number of nitrogens with two attached hydrogens (primary N) is 1. The molecule has 0 bridgehead atoms. The molecule has 3 aromatic rings. The van der Waals surface area contributed by atoms with Gasteiger partial charge in [0.05, 0.1) is 23.9 Å². The first kappa shape index (κ1) is 27.1. The summed E-state index contributed by atoms with van der Waals surface area (Å²) in [6.45, 7) is 8.55. The lowest BCUT2D eigenvalue weighted by Gasteiger charge is -2.27. The van der Waals surface area contributed by atoms with Gasteiger partial charge in [-0.2, -0.15) is 5.10 Å². The van der Waals surface area contributed by atoms with Crippen molar-refractivity contribution in [1.29, 1.82) is 0 Å². The van der Waals surface area contributed by atoms with Gasteiger partial charge in [0.25, 0.3) is 0 Å². The first-order chi connectivity index (χ1) is 19.5. The van der Waals surface area contributed by atoms with Gasteiger partial charge in [-0.15, -0.1) is 0 Å². The Bertz CT molecular complexity index is 1520. The number of allylic oxidation sites excluding steroid dienone is 3. The number of aromatic amines is 1. The number of fused-ring (bicyclic) bond motifs is 1. The van der Waals surface area contributed by atoms with Crippen LogP contribution >= 0.6 is 0 Å². The molecule has 10 nitrogen and oxygen atoms in total. The third-order valence-corrected chi connectivity index (χ3v) is 7.16. The van der Waals surface area contributed by atoms with Crippen LogP contribution in [0.15, 0.2) is 64.8 Å². The number of carbonyl (C=O) groups excluding carboxylic acids is 1. The van der Waals surface area contributed by atoms with Gasteiger partial charge in [-0.1, -0.05) is 12.5 Å². The van der Waals surface area contributed by atoms with E-state index in [0.29, 0.717) is 30.2 Å². The Balaban J connectivity index is 1.55. The van der Waals surface area contributed by atoms with E-state index in [1.807, 2.05) is 25.3 Å². The number of hydrogen-bond donors (Lipinski definition) is 4. The van der Waals surface area contributed by atoms with Crippen molar-refractivity contribution in [2.45, 2.75) is 52.9 Å². The second-order valence-electron chi connectivity index (χ2n) is 10.4. The largest absolute Gasteiger partial charge is 0.404 e. The first-order valence-electron chi connectivity index (χ1n) is 13.9. The summed E-state index contributed by atoms with van der Waals surface area (Å²) in [7, 11) is 0. The average molecular weight is 540 g/mol. The average Bonchev–Trinajstić information content (AvgIpc) is 3.41. The standard InChI is InChI=1S/C30H37N9O/c1-4-8-26(40)35-22-13-20(16-32-18-22)23(19(2)3)14-24-21(15-31)17-34-38-27(24)29-36-25-9-10-33-30(28(25)37-29)39-11-6-5-7-12-39/h9-10,13-16,18,34H,4-8,11-12,17,31H2,1-3H3,(H,35,40)(H,36,37)/b21-15-,24-14+. The van der Waals surface area contributed by atoms with E-state index in [9.17, 15) is 4.79 Å². The van der Waals surface area contributed by atoms with E-state index in [-0.39, 0.29) is 5.91 Å². The van der Waals surface area contributed by atoms with Crippen LogP contribution in [-0.2, 0) is 4.79 Å².